The Hall–Kier alpha value is -1.72. The molecule has 0 saturated carbocycles. The molecule has 0 aromatic heterocycles. The average Bonchev–Trinajstić information content (AvgIpc) is 2.48. The number of nitrogens with zero attached hydrogens (tertiary/aromatic N) is 3. The first kappa shape index (κ1) is 8.38. The normalized spacial score (nSPS) is 14.8. The number of aliphatic imine (C=N–C) groups is 2. The van der Waals surface area contributed by atoms with Gasteiger partial charge < -0.3 is 0 Å². The summed E-state index contributed by atoms with van der Waals surface area (Å²) in [5.74, 6) is 2.71. The third-order valence-electron chi connectivity index (χ3n) is 1.40. The molecule has 0 fully saturated rings. The Kier molecular flexibility index (Phi) is 2.52. The third kappa shape index (κ3) is 1.47. The summed E-state index contributed by atoms with van der Waals surface area (Å²) in [6, 6.07) is 1.87. The largest absolute Gasteiger partial charge is 0.257 e. The fourth-order valence-electron chi connectivity index (χ4n) is 0.890. The monoisotopic (exact) mass is 160 g/mol. The van der Waals surface area contributed by atoms with Gasteiger partial charge in [0.05, 0.1) is 0 Å². The second-order valence-corrected chi connectivity index (χ2v) is 2.32. The maximum Gasteiger partial charge on any atom is 0.177 e. The van der Waals surface area contributed by atoms with Gasteiger partial charge in [0.2, 0.25) is 0 Å². The predicted octanol–water partition coefficient (Wildman–Crippen LogP) is 1.30. The highest BCUT2D eigenvalue weighted by molar-refractivity contribution is 6.23. The quantitative estimate of drug-likeness (QED) is 0.607. The molecule has 0 amide bonds. The molecule has 1 aliphatic rings. The molecule has 0 aliphatic carbocycles. The zero-order valence-corrected chi connectivity index (χ0v) is 6.76. The number of nitrogens with one attached hydrogen (secondary N) is 1. The van der Waals surface area contributed by atoms with Crippen molar-refractivity contribution >= 4 is 17.4 Å². The number of allylic oxidation sites excluding steroid dienone is 1. The lowest BCUT2D eigenvalue weighted by Crippen LogP contribution is -1.92. The van der Waals surface area contributed by atoms with Crippen molar-refractivity contribution in [3.63, 3.8) is 0 Å². The molecule has 1 rings (SSSR count). The van der Waals surface area contributed by atoms with E-state index in [1.54, 1.807) is 0 Å². The fourth-order valence-corrected chi connectivity index (χ4v) is 0.890. The summed E-state index contributed by atoms with van der Waals surface area (Å²) in [6.07, 6.45) is 1.68. The molecular weight excluding hydrogens is 152 g/mol. The highest BCUT2D eigenvalue weighted by atomic mass is 15.0. The summed E-state index contributed by atoms with van der Waals surface area (Å²) in [5.41, 5.74) is 0.453. The second-order valence-electron chi connectivity index (χ2n) is 2.32. The van der Waals surface area contributed by atoms with Crippen molar-refractivity contribution in [3.05, 3.63) is 5.70 Å². The topological polar surface area (TPSA) is 72.4 Å². The lowest BCUT2D eigenvalue weighted by molar-refractivity contribution is 0.986. The van der Waals surface area contributed by atoms with Crippen LogP contribution in [-0.2, 0) is 0 Å². The van der Waals surface area contributed by atoms with Crippen LogP contribution in [0, 0.1) is 16.7 Å². The smallest absolute Gasteiger partial charge is 0.177 e. The predicted molar refractivity (Wildman–Crippen MR) is 46.6 cm³/mol. The first-order valence-electron chi connectivity index (χ1n) is 3.68. The zero-order chi connectivity index (χ0) is 8.97. The molecule has 0 radical (unpaired) electrons. The van der Waals surface area contributed by atoms with E-state index >= 15 is 0 Å². The van der Waals surface area contributed by atoms with Gasteiger partial charge in [-0.2, -0.15) is 5.26 Å². The maximum atomic E-state index is 8.56. The SMILES string of the molecule is CCCC1=NC(=C=N)C(C#N)=N1. The first-order chi connectivity index (χ1) is 5.81. The van der Waals surface area contributed by atoms with Gasteiger partial charge in [-0.15, -0.1) is 0 Å². The second kappa shape index (κ2) is 3.61. The molecule has 0 spiro atoms. The summed E-state index contributed by atoms with van der Waals surface area (Å²) >= 11 is 0. The average molecular weight is 160 g/mol. The minimum atomic E-state index is 0.202. The van der Waals surface area contributed by atoms with Crippen LogP contribution in [0.3, 0.4) is 0 Å². The number of rotatable bonds is 2. The van der Waals surface area contributed by atoms with E-state index in [0.29, 0.717) is 5.84 Å². The van der Waals surface area contributed by atoms with Crippen LogP contribution in [0.2, 0.25) is 0 Å². The Morgan fingerprint density at radius 1 is 1.50 bits per heavy atom. The maximum absolute atomic E-state index is 8.56. The molecule has 0 atom stereocenters. The van der Waals surface area contributed by atoms with Crippen molar-refractivity contribution in [2.45, 2.75) is 19.8 Å². The molecule has 0 saturated heterocycles. The van der Waals surface area contributed by atoms with Crippen molar-refractivity contribution in [3.8, 4) is 6.07 Å². The Labute approximate surface area is 70.5 Å². The number of hydrogen-bond acceptors (Lipinski definition) is 4. The van der Waals surface area contributed by atoms with E-state index in [1.807, 2.05) is 13.0 Å². The molecule has 1 heterocycles. The van der Waals surface area contributed by atoms with Crippen LogP contribution in [0.4, 0.5) is 0 Å². The van der Waals surface area contributed by atoms with Gasteiger partial charge in [-0.3, -0.25) is 5.41 Å². The van der Waals surface area contributed by atoms with Gasteiger partial charge in [0.15, 0.2) is 11.4 Å². The van der Waals surface area contributed by atoms with Crippen LogP contribution in [0.15, 0.2) is 15.7 Å². The van der Waals surface area contributed by atoms with Crippen LogP contribution < -0.4 is 0 Å². The molecule has 0 aromatic rings. The molecule has 4 nitrogen and oxygen atoms in total. The van der Waals surface area contributed by atoms with Gasteiger partial charge in [0.25, 0.3) is 0 Å². The van der Waals surface area contributed by atoms with E-state index < -0.39 is 0 Å². The fraction of sp³-hybridized carbons (Fsp3) is 0.375. The summed E-state index contributed by atoms with van der Waals surface area (Å²) < 4.78 is 0. The summed E-state index contributed by atoms with van der Waals surface area (Å²) in [4.78, 5) is 7.89. The van der Waals surface area contributed by atoms with Crippen LogP contribution in [0.25, 0.3) is 0 Å². The minimum absolute atomic E-state index is 0.202. The summed E-state index contributed by atoms with van der Waals surface area (Å²) in [5, 5.41) is 15.4. The van der Waals surface area contributed by atoms with Gasteiger partial charge in [-0.25, -0.2) is 9.98 Å². The van der Waals surface area contributed by atoms with E-state index in [0.717, 1.165) is 12.8 Å². The molecule has 12 heavy (non-hydrogen) atoms. The third-order valence-corrected chi connectivity index (χ3v) is 1.40. The highest BCUT2D eigenvalue weighted by Gasteiger charge is 2.14. The summed E-state index contributed by atoms with van der Waals surface area (Å²) in [6.45, 7) is 2.01. The van der Waals surface area contributed by atoms with E-state index in [9.17, 15) is 0 Å². The first-order valence-corrected chi connectivity index (χ1v) is 3.68. The lowest BCUT2D eigenvalue weighted by atomic mass is 10.3. The van der Waals surface area contributed by atoms with Gasteiger partial charge in [0, 0.05) is 12.3 Å². The van der Waals surface area contributed by atoms with Gasteiger partial charge >= 0.3 is 0 Å². The molecule has 60 valence electrons. The van der Waals surface area contributed by atoms with Crippen LogP contribution in [-0.4, -0.2) is 17.4 Å². The summed E-state index contributed by atoms with van der Waals surface area (Å²) in [7, 11) is 0. The molecule has 0 aromatic carbocycles. The number of hydrogen-bond donors (Lipinski definition) is 1. The zero-order valence-electron chi connectivity index (χ0n) is 6.76. The van der Waals surface area contributed by atoms with Crippen molar-refractivity contribution in [2.75, 3.05) is 0 Å². The van der Waals surface area contributed by atoms with E-state index in [-0.39, 0.29) is 11.4 Å². The van der Waals surface area contributed by atoms with Crippen molar-refractivity contribution in [1.29, 1.82) is 10.7 Å². The van der Waals surface area contributed by atoms with E-state index in [4.69, 9.17) is 10.7 Å². The van der Waals surface area contributed by atoms with Crippen molar-refractivity contribution in [1.82, 2.24) is 0 Å². The van der Waals surface area contributed by atoms with Gasteiger partial charge in [-0.05, 0) is 6.42 Å². The standard InChI is InChI=1S/C8H8N4/c1-2-3-8-11-6(4-9)7(5-10)12-8/h9H,2-3H2,1H3. The van der Waals surface area contributed by atoms with Gasteiger partial charge in [0.1, 0.15) is 11.9 Å². The Morgan fingerprint density at radius 2 is 2.25 bits per heavy atom. The molecule has 0 bridgehead atoms. The van der Waals surface area contributed by atoms with Crippen molar-refractivity contribution in [2.24, 2.45) is 9.98 Å². The van der Waals surface area contributed by atoms with Crippen LogP contribution in [0.1, 0.15) is 19.8 Å². The van der Waals surface area contributed by atoms with Crippen molar-refractivity contribution < 1.29 is 0 Å². The van der Waals surface area contributed by atoms with E-state index in [1.165, 1.54) is 0 Å². The Balaban J connectivity index is 2.93. The lowest BCUT2D eigenvalue weighted by Gasteiger charge is -1.87. The Morgan fingerprint density at radius 3 is 2.67 bits per heavy atom. The minimum Gasteiger partial charge on any atom is -0.257 e. The highest BCUT2D eigenvalue weighted by Crippen LogP contribution is 2.09. The van der Waals surface area contributed by atoms with Gasteiger partial charge in [-0.1, -0.05) is 6.92 Å². The molecular formula is C8H8N4. The molecule has 0 unspecified atom stereocenters. The molecule has 4 heteroatoms. The van der Waals surface area contributed by atoms with E-state index in [2.05, 4.69) is 15.9 Å². The molecule has 1 N–H and O–H groups in total. The Bertz CT molecular complexity index is 337. The van der Waals surface area contributed by atoms with Crippen LogP contribution in [0.5, 0.6) is 0 Å². The number of nitriles is 1. The van der Waals surface area contributed by atoms with Crippen LogP contribution >= 0.6 is 0 Å². The number of amidine groups is 1. The molecule has 1 aliphatic heterocycles.